The number of hydrogen-bond acceptors (Lipinski definition) is 10. The van der Waals surface area contributed by atoms with Crippen molar-refractivity contribution < 1.29 is 47.9 Å². The minimum Gasteiger partial charge on any atom is -0.493 e. The molecule has 2 heterocycles. The van der Waals surface area contributed by atoms with E-state index in [1.807, 2.05) is 12.1 Å². The van der Waals surface area contributed by atoms with Gasteiger partial charge in [-0.2, -0.15) is 0 Å². The van der Waals surface area contributed by atoms with E-state index in [1.165, 1.54) is 50.2 Å². The molecule has 1 atom stereocenters. The van der Waals surface area contributed by atoms with E-state index in [9.17, 15) is 14.7 Å². The number of methoxy groups -OCH3 is 5. The van der Waals surface area contributed by atoms with Gasteiger partial charge in [-0.05, 0) is 91.1 Å². The molecule has 3 aromatic carbocycles. The van der Waals surface area contributed by atoms with Gasteiger partial charge in [-0.1, -0.05) is 38.0 Å². The van der Waals surface area contributed by atoms with Gasteiger partial charge in [-0.3, -0.25) is 9.69 Å². The number of nitrogens with zero attached hydrogens (tertiary/aromatic N) is 2. The number of carboxylic acid groups (broad SMARTS) is 1. The molecule has 12 nitrogen and oxygen atoms in total. The van der Waals surface area contributed by atoms with Crippen LogP contribution in [0.5, 0.6) is 34.5 Å². The number of morpholine rings is 1. The van der Waals surface area contributed by atoms with E-state index < -0.39 is 12.0 Å². The fraction of sp³-hybridized carbons (Fsp3) is 0.535. The predicted octanol–water partition coefficient (Wildman–Crippen LogP) is 6.34. The van der Waals surface area contributed by atoms with Gasteiger partial charge in [-0.25, -0.2) is 4.79 Å². The molecule has 0 aromatic heterocycles. The first-order valence-electron chi connectivity index (χ1n) is 19.2. The van der Waals surface area contributed by atoms with E-state index in [0.717, 1.165) is 81.9 Å². The van der Waals surface area contributed by atoms with Crippen LogP contribution in [0.15, 0.2) is 54.6 Å². The second kappa shape index (κ2) is 22.6. The zero-order chi connectivity index (χ0) is 39.6. The first-order chi connectivity index (χ1) is 26.7. The molecule has 1 unspecified atom stereocenters. The van der Waals surface area contributed by atoms with Crippen molar-refractivity contribution in [3.05, 3.63) is 71.3 Å². The average molecular weight is 765 g/mol. The summed E-state index contributed by atoms with van der Waals surface area (Å²) in [5.74, 6) is 3.80. The second-order valence-corrected chi connectivity index (χ2v) is 14.0. The lowest BCUT2D eigenvalue weighted by atomic mass is 10.0. The molecule has 3 aromatic rings. The minimum absolute atomic E-state index is 0.0838. The van der Waals surface area contributed by atoms with Gasteiger partial charge in [0, 0.05) is 26.2 Å². The van der Waals surface area contributed by atoms with Crippen LogP contribution in [0.2, 0.25) is 0 Å². The quantitative estimate of drug-likeness (QED) is 0.176. The largest absolute Gasteiger partial charge is 0.493 e. The monoisotopic (exact) mass is 764 g/mol. The summed E-state index contributed by atoms with van der Waals surface area (Å²) < 4.78 is 37.8. The Labute approximate surface area is 326 Å². The summed E-state index contributed by atoms with van der Waals surface area (Å²) in [5, 5.41) is 9.18. The smallest absolute Gasteiger partial charge is 0.326 e. The van der Waals surface area contributed by atoms with Crippen LogP contribution >= 0.6 is 0 Å². The summed E-state index contributed by atoms with van der Waals surface area (Å²) in [5.41, 5.74) is 3.25. The lowest BCUT2D eigenvalue weighted by Gasteiger charge is -2.26. The number of aliphatic carboxylic acids is 1. The predicted molar refractivity (Wildman–Crippen MR) is 211 cm³/mol. The van der Waals surface area contributed by atoms with E-state index in [1.54, 1.807) is 26.4 Å². The van der Waals surface area contributed by atoms with Crippen LogP contribution in [0, 0.1) is 5.92 Å². The number of carboxylic acids is 1. The van der Waals surface area contributed by atoms with Crippen LogP contribution in [-0.4, -0.2) is 114 Å². The van der Waals surface area contributed by atoms with Gasteiger partial charge >= 0.3 is 5.97 Å². The Hall–Kier alpha value is -4.68. The van der Waals surface area contributed by atoms with Crippen molar-refractivity contribution in [1.82, 2.24) is 9.80 Å². The van der Waals surface area contributed by atoms with Crippen molar-refractivity contribution in [1.29, 1.82) is 0 Å². The Balaban J connectivity index is 0.000000225. The normalized spacial score (nSPS) is 16.5. The Bertz CT molecular complexity index is 1610. The number of hydrogen-bond donors (Lipinski definition) is 1. The molecule has 0 radical (unpaired) electrons. The minimum atomic E-state index is -0.958. The Morgan fingerprint density at radius 3 is 1.95 bits per heavy atom. The number of aryl methyl sites for hydroxylation is 2. The second-order valence-electron chi connectivity index (χ2n) is 14.0. The van der Waals surface area contributed by atoms with E-state index in [0.29, 0.717) is 42.2 Å². The number of likely N-dealkylation sites (tertiary alicyclic amines) is 1. The van der Waals surface area contributed by atoms with Gasteiger partial charge < -0.3 is 43.2 Å². The molecule has 1 saturated carbocycles. The summed E-state index contributed by atoms with van der Waals surface area (Å²) in [4.78, 5) is 27.4. The van der Waals surface area contributed by atoms with Gasteiger partial charge in [-0.15, -0.1) is 0 Å². The number of rotatable bonds is 16. The lowest BCUT2D eigenvalue weighted by molar-refractivity contribution is -0.148. The third kappa shape index (κ3) is 13.8. The van der Waals surface area contributed by atoms with Gasteiger partial charge in [0.1, 0.15) is 18.4 Å². The van der Waals surface area contributed by atoms with Crippen LogP contribution in [0.3, 0.4) is 0 Å². The van der Waals surface area contributed by atoms with E-state index in [2.05, 4.69) is 42.2 Å². The molecule has 302 valence electrons. The molecule has 0 bridgehead atoms. The third-order valence-corrected chi connectivity index (χ3v) is 9.86. The highest BCUT2D eigenvalue weighted by Gasteiger charge is 2.34. The molecule has 3 aliphatic rings. The molecule has 6 rings (SSSR count). The summed E-state index contributed by atoms with van der Waals surface area (Å²) in [6.45, 7) is 8.08. The fourth-order valence-electron chi connectivity index (χ4n) is 6.44. The van der Waals surface area contributed by atoms with Gasteiger partial charge in [0.2, 0.25) is 11.7 Å². The number of ether oxygens (including phenoxy) is 7. The van der Waals surface area contributed by atoms with Crippen LogP contribution < -0.4 is 28.4 Å². The molecule has 1 N–H and O–H groups in total. The van der Waals surface area contributed by atoms with Crippen molar-refractivity contribution in [2.45, 2.75) is 64.3 Å². The number of benzene rings is 3. The van der Waals surface area contributed by atoms with Crippen LogP contribution in [-0.2, 0) is 33.6 Å². The summed E-state index contributed by atoms with van der Waals surface area (Å²) in [6, 6.07) is 17.2. The highest BCUT2D eigenvalue weighted by atomic mass is 16.5. The van der Waals surface area contributed by atoms with Crippen LogP contribution in [0.1, 0.15) is 55.7 Å². The first kappa shape index (κ1) is 43.1. The van der Waals surface area contributed by atoms with E-state index in [-0.39, 0.29) is 12.3 Å². The highest BCUT2D eigenvalue weighted by molar-refractivity contribution is 5.85. The zero-order valence-electron chi connectivity index (χ0n) is 33.5. The SMILES string of the molecule is CC1CC1.COc1cc(CC(=O)N2CCCC2C(=O)O)cc(OC)c1OC.COc1ccc(CCCc2cccc(OCCN3CCOCC3)c2)cc1OC. The topological polar surface area (TPSA) is 125 Å². The highest BCUT2D eigenvalue weighted by Crippen LogP contribution is 2.38. The standard InChI is InChI=1S/C23H31NO4.C16H21NO6.C4H8/c1-25-22-10-9-20(18-23(22)26-2)6-3-5-19-7-4-8-21(17-19)28-16-13-24-11-14-27-15-12-24;1-21-12-7-10(8-13(22-2)15(12)23-3)9-14(18)17-6-4-5-11(17)16(19)20;1-4-2-3-4/h4,7-10,17-18H,3,5-6,11-16H2,1-2H3;7-8,11H,4-6,9H2,1-3H3,(H,19,20);4H,2-3H2,1H3. The van der Waals surface area contributed by atoms with Crippen molar-refractivity contribution in [2.24, 2.45) is 5.92 Å². The Kier molecular flexibility index (Phi) is 17.7. The van der Waals surface area contributed by atoms with Crippen molar-refractivity contribution in [2.75, 3.05) is 81.5 Å². The average Bonchev–Trinajstić information content (AvgIpc) is 3.82. The van der Waals surface area contributed by atoms with Gasteiger partial charge in [0.15, 0.2) is 23.0 Å². The zero-order valence-corrected chi connectivity index (χ0v) is 33.5. The Morgan fingerprint density at radius 1 is 0.745 bits per heavy atom. The lowest BCUT2D eigenvalue weighted by Crippen LogP contribution is -2.41. The first-order valence-corrected chi connectivity index (χ1v) is 19.2. The number of amides is 1. The molecule has 3 fully saturated rings. The van der Waals surface area contributed by atoms with Gasteiger partial charge in [0.05, 0.1) is 55.2 Å². The molecular formula is C43H60N2O10. The number of carbonyl (C=O) groups excluding carboxylic acids is 1. The van der Waals surface area contributed by atoms with E-state index >= 15 is 0 Å². The van der Waals surface area contributed by atoms with Crippen LogP contribution in [0.25, 0.3) is 0 Å². The molecule has 1 amide bonds. The summed E-state index contributed by atoms with van der Waals surface area (Å²) >= 11 is 0. The molecular weight excluding hydrogens is 704 g/mol. The molecule has 55 heavy (non-hydrogen) atoms. The Morgan fingerprint density at radius 2 is 1.36 bits per heavy atom. The van der Waals surface area contributed by atoms with Crippen LogP contribution in [0.4, 0.5) is 0 Å². The maximum Gasteiger partial charge on any atom is 0.326 e. The molecule has 2 aliphatic heterocycles. The third-order valence-electron chi connectivity index (χ3n) is 9.86. The number of carbonyl (C=O) groups is 2. The van der Waals surface area contributed by atoms with Crippen molar-refractivity contribution in [3.8, 4) is 34.5 Å². The van der Waals surface area contributed by atoms with Crippen molar-refractivity contribution >= 4 is 11.9 Å². The maximum atomic E-state index is 12.4. The van der Waals surface area contributed by atoms with E-state index in [4.69, 9.17) is 33.2 Å². The fourth-order valence-corrected chi connectivity index (χ4v) is 6.44. The van der Waals surface area contributed by atoms with Gasteiger partial charge in [0.25, 0.3) is 0 Å². The summed E-state index contributed by atoms with van der Waals surface area (Å²) in [7, 11) is 7.85. The molecule has 2 saturated heterocycles. The summed E-state index contributed by atoms with van der Waals surface area (Å²) in [6.07, 6.45) is 7.36. The molecule has 12 heteroatoms. The molecule has 0 spiro atoms. The maximum absolute atomic E-state index is 12.4. The van der Waals surface area contributed by atoms with Crippen molar-refractivity contribution in [3.63, 3.8) is 0 Å². The molecule has 1 aliphatic carbocycles.